The van der Waals surface area contributed by atoms with Gasteiger partial charge in [-0.2, -0.15) is 5.26 Å². The lowest BCUT2D eigenvalue weighted by Gasteiger charge is -2.12. The Balaban J connectivity index is 2.77. The summed E-state index contributed by atoms with van der Waals surface area (Å²) in [5, 5.41) is 11.3. The highest BCUT2D eigenvalue weighted by Gasteiger charge is 2.11. The van der Waals surface area contributed by atoms with E-state index in [1.165, 1.54) is 0 Å². The van der Waals surface area contributed by atoms with Crippen molar-refractivity contribution in [2.75, 3.05) is 0 Å². The van der Waals surface area contributed by atoms with Crippen molar-refractivity contribution in [3.05, 3.63) is 35.4 Å². The van der Waals surface area contributed by atoms with Crippen LogP contribution in [0.5, 0.6) is 0 Å². The Kier molecular flexibility index (Phi) is 4.53. The van der Waals surface area contributed by atoms with Gasteiger partial charge in [-0.3, -0.25) is 4.79 Å². The highest BCUT2D eigenvalue weighted by Crippen LogP contribution is 2.09. The number of hydrogen-bond acceptors (Lipinski definition) is 2. The molecular formula is C13H16N2O. The van der Waals surface area contributed by atoms with Gasteiger partial charge in [-0.05, 0) is 25.0 Å². The molecule has 0 spiro atoms. The van der Waals surface area contributed by atoms with Crippen LogP contribution < -0.4 is 5.32 Å². The maximum Gasteiger partial charge on any atom is 0.251 e. The number of rotatable bonds is 4. The number of carbonyl (C=O) groups is 1. The van der Waals surface area contributed by atoms with Crippen molar-refractivity contribution in [3.63, 3.8) is 0 Å². The average Bonchev–Trinajstić information content (AvgIpc) is 2.29. The fourth-order valence-corrected chi connectivity index (χ4v) is 1.54. The van der Waals surface area contributed by atoms with Gasteiger partial charge in [-0.1, -0.05) is 25.1 Å². The summed E-state index contributed by atoms with van der Waals surface area (Å²) in [4.78, 5) is 11.9. The Labute approximate surface area is 96.1 Å². The highest BCUT2D eigenvalue weighted by atomic mass is 16.1. The van der Waals surface area contributed by atoms with Crippen molar-refractivity contribution >= 4 is 5.91 Å². The van der Waals surface area contributed by atoms with E-state index in [0.29, 0.717) is 12.0 Å². The van der Waals surface area contributed by atoms with Crippen molar-refractivity contribution in [3.8, 4) is 6.07 Å². The van der Waals surface area contributed by atoms with Crippen LogP contribution in [0.3, 0.4) is 0 Å². The van der Waals surface area contributed by atoms with Crippen LogP contribution in [-0.2, 0) is 6.42 Å². The van der Waals surface area contributed by atoms with Crippen molar-refractivity contribution < 1.29 is 4.79 Å². The first-order valence-corrected chi connectivity index (χ1v) is 5.44. The number of nitriles is 1. The van der Waals surface area contributed by atoms with Gasteiger partial charge in [0.2, 0.25) is 0 Å². The Hall–Kier alpha value is -1.82. The molecule has 1 N–H and O–H groups in total. The van der Waals surface area contributed by atoms with E-state index < -0.39 is 0 Å². The summed E-state index contributed by atoms with van der Waals surface area (Å²) in [6.45, 7) is 3.85. The SMILES string of the molecule is CCc1ccccc1C(=O)NC(C)CC#N. The molecule has 1 amide bonds. The van der Waals surface area contributed by atoms with Crippen LogP contribution in [-0.4, -0.2) is 11.9 Å². The Morgan fingerprint density at radius 3 is 2.81 bits per heavy atom. The first kappa shape index (κ1) is 12.3. The summed E-state index contributed by atoms with van der Waals surface area (Å²) < 4.78 is 0. The van der Waals surface area contributed by atoms with Crippen molar-refractivity contribution in [1.29, 1.82) is 5.26 Å². The second-order valence-corrected chi connectivity index (χ2v) is 3.75. The molecule has 0 fully saturated rings. The predicted molar refractivity (Wildman–Crippen MR) is 63.0 cm³/mol. The zero-order chi connectivity index (χ0) is 12.0. The molecule has 3 heteroatoms. The molecule has 1 aromatic rings. The Morgan fingerprint density at radius 1 is 1.50 bits per heavy atom. The lowest BCUT2D eigenvalue weighted by Crippen LogP contribution is -2.32. The summed E-state index contributed by atoms with van der Waals surface area (Å²) in [6, 6.07) is 9.47. The summed E-state index contributed by atoms with van der Waals surface area (Å²) in [7, 11) is 0. The number of carbonyl (C=O) groups excluding carboxylic acids is 1. The highest BCUT2D eigenvalue weighted by molar-refractivity contribution is 5.95. The van der Waals surface area contributed by atoms with E-state index in [0.717, 1.165) is 12.0 Å². The van der Waals surface area contributed by atoms with Crippen LogP contribution in [0.4, 0.5) is 0 Å². The molecule has 0 radical (unpaired) electrons. The van der Waals surface area contributed by atoms with Crippen LogP contribution in [0, 0.1) is 11.3 Å². The van der Waals surface area contributed by atoms with Crippen LogP contribution >= 0.6 is 0 Å². The third-order valence-corrected chi connectivity index (χ3v) is 2.42. The minimum atomic E-state index is -0.109. The third kappa shape index (κ3) is 3.09. The minimum Gasteiger partial charge on any atom is -0.349 e. The monoisotopic (exact) mass is 216 g/mol. The van der Waals surface area contributed by atoms with E-state index in [4.69, 9.17) is 5.26 Å². The molecule has 0 heterocycles. The molecule has 1 rings (SSSR count). The topological polar surface area (TPSA) is 52.9 Å². The molecular weight excluding hydrogens is 200 g/mol. The number of aryl methyl sites for hydroxylation is 1. The van der Waals surface area contributed by atoms with Gasteiger partial charge in [0.25, 0.3) is 5.91 Å². The number of amides is 1. The molecule has 0 aromatic heterocycles. The van der Waals surface area contributed by atoms with Crippen LogP contribution in [0.15, 0.2) is 24.3 Å². The number of hydrogen-bond donors (Lipinski definition) is 1. The molecule has 1 unspecified atom stereocenters. The molecule has 0 aliphatic rings. The van der Waals surface area contributed by atoms with E-state index in [-0.39, 0.29) is 11.9 Å². The minimum absolute atomic E-state index is 0.0970. The first-order valence-electron chi connectivity index (χ1n) is 5.44. The van der Waals surface area contributed by atoms with Gasteiger partial charge in [0, 0.05) is 11.6 Å². The van der Waals surface area contributed by atoms with E-state index >= 15 is 0 Å². The van der Waals surface area contributed by atoms with Gasteiger partial charge in [0.05, 0.1) is 12.5 Å². The van der Waals surface area contributed by atoms with Gasteiger partial charge in [-0.15, -0.1) is 0 Å². The molecule has 16 heavy (non-hydrogen) atoms. The molecule has 3 nitrogen and oxygen atoms in total. The number of nitrogens with one attached hydrogen (secondary N) is 1. The van der Waals surface area contributed by atoms with E-state index in [1.807, 2.05) is 44.2 Å². The fourth-order valence-electron chi connectivity index (χ4n) is 1.54. The number of benzene rings is 1. The number of nitrogens with zero attached hydrogens (tertiary/aromatic N) is 1. The maximum atomic E-state index is 11.9. The quantitative estimate of drug-likeness (QED) is 0.839. The molecule has 0 bridgehead atoms. The van der Waals surface area contributed by atoms with Gasteiger partial charge in [0.1, 0.15) is 0 Å². The lowest BCUT2D eigenvalue weighted by atomic mass is 10.0. The Morgan fingerprint density at radius 2 is 2.19 bits per heavy atom. The van der Waals surface area contributed by atoms with Crippen molar-refractivity contribution in [1.82, 2.24) is 5.32 Å². The second-order valence-electron chi connectivity index (χ2n) is 3.75. The zero-order valence-electron chi connectivity index (χ0n) is 9.66. The van der Waals surface area contributed by atoms with Gasteiger partial charge < -0.3 is 5.32 Å². The van der Waals surface area contributed by atoms with E-state index in [2.05, 4.69) is 5.32 Å². The fraction of sp³-hybridized carbons (Fsp3) is 0.385. The first-order chi connectivity index (χ1) is 7.69. The maximum absolute atomic E-state index is 11.9. The summed E-state index contributed by atoms with van der Waals surface area (Å²) in [6.07, 6.45) is 1.16. The molecule has 0 saturated heterocycles. The Bertz CT molecular complexity index is 407. The van der Waals surface area contributed by atoms with Gasteiger partial charge in [0.15, 0.2) is 0 Å². The summed E-state index contributed by atoms with van der Waals surface area (Å²) in [5.41, 5.74) is 1.74. The second kappa shape index (κ2) is 5.92. The largest absolute Gasteiger partial charge is 0.349 e. The summed E-state index contributed by atoms with van der Waals surface area (Å²) in [5.74, 6) is -0.0970. The standard InChI is InChI=1S/C13H16N2O/c1-3-11-6-4-5-7-12(11)13(16)15-10(2)8-9-14/h4-7,10H,3,8H2,1-2H3,(H,15,16). The molecule has 84 valence electrons. The smallest absolute Gasteiger partial charge is 0.251 e. The average molecular weight is 216 g/mol. The molecule has 0 aliphatic carbocycles. The zero-order valence-corrected chi connectivity index (χ0v) is 9.66. The van der Waals surface area contributed by atoms with E-state index in [1.54, 1.807) is 0 Å². The van der Waals surface area contributed by atoms with E-state index in [9.17, 15) is 4.79 Å². The van der Waals surface area contributed by atoms with Crippen LogP contribution in [0.1, 0.15) is 36.2 Å². The lowest BCUT2D eigenvalue weighted by molar-refractivity contribution is 0.0940. The third-order valence-electron chi connectivity index (χ3n) is 2.42. The van der Waals surface area contributed by atoms with Crippen LogP contribution in [0.25, 0.3) is 0 Å². The normalized spacial score (nSPS) is 11.6. The molecule has 0 saturated carbocycles. The summed E-state index contributed by atoms with van der Waals surface area (Å²) >= 11 is 0. The van der Waals surface area contributed by atoms with Gasteiger partial charge >= 0.3 is 0 Å². The molecule has 0 aliphatic heterocycles. The molecule has 1 atom stereocenters. The van der Waals surface area contributed by atoms with Crippen LogP contribution in [0.2, 0.25) is 0 Å². The molecule has 1 aromatic carbocycles. The van der Waals surface area contributed by atoms with Crippen molar-refractivity contribution in [2.45, 2.75) is 32.7 Å². The van der Waals surface area contributed by atoms with Gasteiger partial charge in [-0.25, -0.2) is 0 Å². The predicted octanol–water partition coefficient (Wildman–Crippen LogP) is 2.28. The van der Waals surface area contributed by atoms with Crippen molar-refractivity contribution in [2.24, 2.45) is 0 Å².